The molecule has 9 heteroatoms. The third-order valence-electron chi connectivity index (χ3n) is 16.5. The number of quaternary nitrogens is 1. The van der Waals surface area contributed by atoms with Crippen molar-refractivity contribution in [1.29, 1.82) is 0 Å². The lowest BCUT2D eigenvalue weighted by Gasteiger charge is -2.26. The van der Waals surface area contributed by atoms with E-state index in [-0.39, 0.29) is 19.1 Å². The molecule has 8 nitrogen and oxygen atoms in total. The first-order valence-electron chi connectivity index (χ1n) is 35.2. The van der Waals surface area contributed by atoms with Crippen LogP contribution in [-0.2, 0) is 18.4 Å². The molecule has 0 radical (unpaired) electrons. The van der Waals surface area contributed by atoms with Crippen LogP contribution in [0.5, 0.6) is 0 Å². The molecule has 0 aliphatic heterocycles. The fraction of sp³-hybridized carbons (Fsp3) is 0.929. The van der Waals surface area contributed by atoms with Crippen molar-refractivity contribution in [2.75, 3.05) is 40.9 Å². The zero-order valence-electron chi connectivity index (χ0n) is 53.9. The highest BCUT2D eigenvalue weighted by atomic mass is 31.2. The minimum Gasteiger partial charge on any atom is -0.391 e. The number of hydrogen-bond donors (Lipinski definition) is 3. The molecule has 0 aromatic heterocycles. The summed E-state index contributed by atoms with van der Waals surface area (Å²) in [7, 11) is 1.64. The molecule has 0 fully saturated rings. The van der Waals surface area contributed by atoms with E-state index in [9.17, 15) is 19.4 Å². The Morgan fingerprint density at radius 1 is 0.430 bits per heavy atom. The summed E-state index contributed by atoms with van der Waals surface area (Å²) < 4.78 is 23.9. The highest BCUT2D eigenvalue weighted by Crippen LogP contribution is 2.43. The number of allylic oxidation sites excluding steroid dienone is 4. The van der Waals surface area contributed by atoms with E-state index in [0.717, 1.165) is 44.9 Å². The lowest BCUT2D eigenvalue weighted by atomic mass is 10.0. The normalized spacial score (nSPS) is 13.8. The van der Waals surface area contributed by atoms with Gasteiger partial charge in [0.15, 0.2) is 0 Å². The Bertz CT molecular complexity index is 1340. The zero-order chi connectivity index (χ0) is 57.7. The Labute approximate surface area is 494 Å². The first-order chi connectivity index (χ1) is 38.5. The van der Waals surface area contributed by atoms with Crippen LogP contribution in [0.15, 0.2) is 24.3 Å². The Kier molecular flexibility index (Phi) is 60.7. The number of carbonyl (C=O) groups is 1. The quantitative estimate of drug-likeness (QED) is 0.0243. The molecule has 3 atom stereocenters. The van der Waals surface area contributed by atoms with Crippen molar-refractivity contribution < 1.29 is 32.9 Å². The maximum Gasteiger partial charge on any atom is 0.472 e. The molecule has 3 N–H and O–H groups in total. The van der Waals surface area contributed by atoms with Gasteiger partial charge in [-0.3, -0.25) is 13.8 Å². The fourth-order valence-corrected chi connectivity index (χ4v) is 11.7. The van der Waals surface area contributed by atoms with Gasteiger partial charge in [0.05, 0.1) is 39.9 Å². The van der Waals surface area contributed by atoms with Crippen LogP contribution in [0.2, 0.25) is 0 Å². The molecule has 0 aromatic rings. The molecular formula is C70H140N2O6P+. The number of nitrogens with zero attached hydrogens (tertiary/aromatic N) is 1. The molecule has 0 bridgehead atoms. The molecule has 0 aromatic carbocycles. The standard InChI is InChI=1S/C70H139N2O6P/c1-6-8-10-12-14-16-18-20-22-24-26-28-30-32-33-34-35-36-37-38-39-40-42-44-46-48-50-52-54-56-58-60-62-64-70(74)71-68(67-78-79(75,76)77-66-65-72(3,4)5)69(73)63-61-59-57-55-53-51-49-47-45-43-41-31-29-27-25-23-21-19-17-15-13-11-9-7-2/h18,20,24,26,68-69,73H,6-17,19,21-23,25,27-67H2,1-5H3,(H-,71,74,75,76)/p+1/b20-18-,26-24-. The van der Waals surface area contributed by atoms with Crippen molar-refractivity contribution in [3.8, 4) is 0 Å². The van der Waals surface area contributed by atoms with Gasteiger partial charge in [-0.2, -0.15) is 0 Å². The van der Waals surface area contributed by atoms with Crippen LogP contribution in [0, 0.1) is 0 Å². The number of aliphatic hydroxyl groups is 1. The largest absolute Gasteiger partial charge is 0.472 e. The second kappa shape index (κ2) is 61.5. The summed E-state index contributed by atoms with van der Waals surface area (Å²) >= 11 is 0. The van der Waals surface area contributed by atoms with E-state index in [0.29, 0.717) is 23.9 Å². The molecule has 470 valence electrons. The minimum atomic E-state index is -4.33. The molecule has 0 aliphatic carbocycles. The number of rotatable bonds is 66. The molecule has 0 heterocycles. The summed E-state index contributed by atoms with van der Waals surface area (Å²) in [5.41, 5.74) is 0. The number of unbranched alkanes of at least 4 members (excludes halogenated alkanes) is 49. The van der Waals surface area contributed by atoms with Crippen molar-refractivity contribution >= 4 is 13.7 Å². The van der Waals surface area contributed by atoms with Crippen molar-refractivity contribution in [1.82, 2.24) is 5.32 Å². The molecular weight excluding hydrogens is 996 g/mol. The topological polar surface area (TPSA) is 105 Å². The zero-order valence-corrected chi connectivity index (χ0v) is 54.8. The smallest absolute Gasteiger partial charge is 0.391 e. The molecule has 1 amide bonds. The summed E-state index contributed by atoms with van der Waals surface area (Å²) in [4.78, 5) is 23.5. The van der Waals surface area contributed by atoms with E-state index in [1.165, 1.54) is 295 Å². The maximum atomic E-state index is 13.1. The van der Waals surface area contributed by atoms with Gasteiger partial charge in [0, 0.05) is 6.42 Å². The predicted octanol–water partition coefficient (Wildman–Crippen LogP) is 22.3. The van der Waals surface area contributed by atoms with Gasteiger partial charge in [-0.1, -0.05) is 340 Å². The highest BCUT2D eigenvalue weighted by Gasteiger charge is 2.28. The summed E-state index contributed by atoms with van der Waals surface area (Å²) in [5, 5.41) is 14.2. The number of nitrogens with one attached hydrogen (secondary N) is 1. The van der Waals surface area contributed by atoms with Crippen LogP contribution in [0.1, 0.15) is 367 Å². The molecule has 79 heavy (non-hydrogen) atoms. The average molecular weight is 1140 g/mol. The number of phosphoric acid groups is 1. The number of phosphoric ester groups is 1. The van der Waals surface area contributed by atoms with E-state index in [1.54, 1.807) is 0 Å². The van der Waals surface area contributed by atoms with Crippen molar-refractivity contribution in [3.63, 3.8) is 0 Å². The lowest BCUT2D eigenvalue weighted by Crippen LogP contribution is -2.46. The Morgan fingerprint density at radius 3 is 1.04 bits per heavy atom. The third-order valence-corrected chi connectivity index (χ3v) is 17.4. The molecule has 0 aliphatic rings. The fourth-order valence-electron chi connectivity index (χ4n) is 11.0. The number of hydrogen-bond acceptors (Lipinski definition) is 5. The maximum absolute atomic E-state index is 13.1. The lowest BCUT2D eigenvalue weighted by molar-refractivity contribution is -0.870. The van der Waals surface area contributed by atoms with Crippen LogP contribution in [0.25, 0.3) is 0 Å². The van der Waals surface area contributed by atoms with E-state index in [4.69, 9.17) is 9.05 Å². The number of carbonyl (C=O) groups excluding carboxylic acids is 1. The minimum absolute atomic E-state index is 0.0777. The first kappa shape index (κ1) is 78.0. The number of likely N-dealkylation sites (N-methyl/N-ethyl adjacent to an activating group) is 1. The van der Waals surface area contributed by atoms with Crippen LogP contribution in [-0.4, -0.2) is 73.4 Å². The number of aliphatic hydroxyl groups excluding tert-OH is 1. The van der Waals surface area contributed by atoms with Crippen LogP contribution in [0.4, 0.5) is 0 Å². The van der Waals surface area contributed by atoms with Gasteiger partial charge in [-0.15, -0.1) is 0 Å². The summed E-state index contributed by atoms with van der Waals surface area (Å²) in [5.74, 6) is -0.135. The molecule has 0 rings (SSSR count). The Hall–Kier alpha value is -1.02. The van der Waals surface area contributed by atoms with Crippen molar-refractivity contribution in [2.45, 2.75) is 379 Å². The summed E-state index contributed by atoms with van der Waals surface area (Å²) in [6.07, 6.45) is 79.9. The van der Waals surface area contributed by atoms with E-state index in [2.05, 4.69) is 43.5 Å². The molecule has 0 saturated carbocycles. The summed E-state index contributed by atoms with van der Waals surface area (Å²) in [6, 6.07) is -0.759. The van der Waals surface area contributed by atoms with Gasteiger partial charge in [0.2, 0.25) is 5.91 Å². The van der Waals surface area contributed by atoms with E-state index >= 15 is 0 Å². The van der Waals surface area contributed by atoms with E-state index in [1.807, 2.05) is 21.1 Å². The van der Waals surface area contributed by atoms with Crippen LogP contribution < -0.4 is 5.32 Å². The van der Waals surface area contributed by atoms with Gasteiger partial charge in [0.1, 0.15) is 13.2 Å². The van der Waals surface area contributed by atoms with Gasteiger partial charge in [-0.05, 0) is 44.9 Å². The van der Waals surface area contributed by atoms with Crippen molar-refractivity contribution in [3.05, 3.63) is 24.3 Å². The molecule has 3 unspecified atom stereocenters. The van der Waals surface area contributed by atoms with Crippen LogP contribution >= 0.6 is 7.82 Å². The van der Waals surface area contributed by atoms with Gasteiger partial charge >= 0.3 is 7.82 Å². The van der Waals surface area contributed by atoms with E-state index < -0.39 is 20.0 Å². The number of amides is 1. The second-order valence-corrected chi connectivity index (χ2v) is 27.1. The third kappa shape index (κ3) is 64.4. The van der Waals surface area contributed by atoms with Crippen molar-refractivity contribution in [2.24, 2.45) is 0 Å². The van der Waals surface area contributed by atoms with Gasteiger partial charge < -0.3 is 19.8 Å². The molecule has 0 saturated heterocycles. The first-order valence-corrected chi connectivity index (χ1v) is 36.7. The predicted molar refractivity (Wildman–Crippen MR) is 346 cm³/mol. The molecule has 0 spiro atoms. The second-order valence-electron chi connectivity index (χ2n) is 25.6. The highest BCUT2D eigenvalue weighted by molar-refractivity contribution is 7.47. The Morgan fingerprint density at radius 2 is 0.722 bits per heavy atom. The monoisotopic (exact) mass is 1140 g/mol. The van der Waals surface area contributed by atoms with Gasteiger partial charge in [0.25, 0.3) is 0 Å². The van der Waals surface area contributed by atoms with Gasteiger partial charge in [-0.25, -0.2) is 4.57 Å². The Balaban J connectivity index is 3.98. The average Bonchev–Trinajstić information content (AvgIpc) is 3.42. The SMILES string of the molecule is CCCCCCC/C=C\C/C=C\CCCCCCCCCCCCCCCCCCCCCCCC(=O)NC(COP(=O)(O)OCC[N+](C)(C)C)C(O)CCCCCCCCCCCCCCCCCCCCCCCCCC. The van der Waals surface area contributed by atoms with Crippen LogP contribution in [0.3, 0.4) is 0 Å². The summed E-state index contributed by atoms with van der Waals surface area (Å²) in [6.45, 7) is 4.94.